The van der Waals surface area contributed by atoms with Crippen molar-refractivity contribution >= 4 is 76.6 Å². The fraction of sp³-hybridized carbons (Fsp3) is 0. The number of aromatic nitrogens is 4. The van der Waals surface area contributed by atoms with Gasteiger partial charge in [-0.15, -0.1) is 0 Å². The smallest absolute Gasteiger partial charge is 0.162 e. The van der Waals surface area contributed by atoms with E-state index >= 15 is 0 Å². The van der Waals surface area contributed by atoms with E-state index in [1.165, 1.54) is 16.2 Å². The lowest BCUT2D eigenvalue weighted by Crippen LogP contribution is -1.99. The predicted molar refractivity (Wildman–Crippen MR) is 226 cm³/mol. The number of hydrogen-bond donors (Lipinski definition) is 0. The summed E-state index contributed by atoms with van der Waals surface area (Å²) in [4.78, 5) is 10.2. The van der Waals surface area contributed by atoms with Crippen LogP contribution in [0.2, 0.25) is 0 Å². The molecule has 7 aromatic carbocycles. The van der Waals surface area contributed by atoms with Crippen LogP contribution in [0.5, 0.6) is 0 Å². The number of pyridine rings is 2. The van der Waals surface area contributed by atoms with Gasteiger partial charge in [0, 0.05) is 54.9 Å². The van der Waals surface area contributed by atoms with Crippen LogP contribution in [-0.4, -0.2) is 19.1 Å². The average Bonchev–Trinajstić information content (AvgIpc) is 3.90. The highest BCUT2D eigenvalue weighted by Gasteiger charge is 2.21. The molecule has 5 heterocycles. The second kappa shape index (κ2) is 11.5. The third-order valence-electron chi connectivity index (χ3n) is 11.1. The molecule has 0 fully saturated rings. The van der Waals surface area contributed by atoms with Crippen molar-refractivity contribution < 1.29 is 4.42 Å². The molecule has 256 valence electrons. The van der Waals surface area contributed by atoms with Gasteiger partial charge in [0.1, 0.15) is 17.0 Å². The van der Waals surface area contributed by atoms with E-state index in [1.807, 2.05) is 24.3 Å². The van der Waals surface area contributed by atoms with Gasteiger partial charge in [-0.3, -0.25) is 4.57 Å². The molecular formula is C50H30N4O. The molecule has 0 saturated heterocycles. The molecule has 5 heteroatoms. The normalized spacial score (nSPS) is 12.0. The summed E-state index contributed by atoms with van der Waals surface area (Å²) in [6.07, 6.45) is 0. The lowest BCUT2D eigenvalue weighted by atomic mass is 9.98. The third-order valence-corrected chi connectivity index (χ3v) is 11.1. The van der Waals surface area contributed by atoms with E-state index in [4.69, 9.17) is 14.4 Å². The zero-order chi connectivity index (χ0) is 36.0. The number of hydrogen-bond acceptors (Lipinski definition) is 3. The lowest BCUT2D eigenvalue weighted by molar-refractivity contribution is 0.668. The van der Waals surface area contributed by atoms with E-state index in [2.05, 4.69) is 167 Å². The Morgan fingerprint density at radius 2 is 1.00 bits per heavy atom. The summed E-state index contributed by atoms with van der Waals surface area (Å²) < 4.78 is 11.2. The van der Waals surface area contributed by atoms with E-state index in [0.29, 0.717) is 0 Å². The number of furan rings is 1. The molecule has 0 unspecified atom stereocenters. The van der Waals surface area contributed by atoms with Crippen LogP contribution >= 0.6 is 0 Å². The molecule has 0 aliphatic heterocycles. The first-order chi connectivity index (χ1) is 27.3. The van der Waals surface area contributed by atoms with Crippen LogP contribution in [0, 0.1) is 0 Å². The highest BCUT2D eigenvalue weighted by molar-refractivity contribution is 6.14. The summed E-state index contributed by atoms with van der Waals surface area (Å²) in [5.74, 6) is 0.835. The monoisotopic (exact) mass is 702 g/mol. The van der Waals surface area contributed by atoms with E-state index < -0.39 is 0 Å². The van der Waals surface area contributed by atoms with Crippen molar-refractivity contribution in [2.24, 2.45) is 0 Å². The van der Waals surface area contributed by atoms with Crippen molar-refractivity contribution in [2.45, 2.75) is 0 Å². The Hall–Kier alpha value is -7.50. The van der Waals surface area contributed by atoms with E-state index in [0.717, 1.165) is 94.3 Å². The number of para-hydroxylation sites is 4. The van der Waals surface area contributed by atoms with E-state index in [1.54, 1.807) is 0 Å². The predicted octanol–water partition coefficient (Wildman–Crippen LogP) is 13.1. The molecule has 12 aromatic rings. The van der Waals surface area contributed by atoms with Crippen molar-refractivity contribution in [2.75, 3.05) is 0 Å². The van der Waals surface area contributed by atoms with Crippen LogP contribution in [0.15, 0.2) is 186 Å². The molecule has 0 radical (unpaired) electrons. The molecule has 0 aliphatic carbocycles. The minimum atomic E-state index is 0.720. The Kier molecular flexibility index (Phi) is 6.27. The first-order valence-electron chi connectivity index (χ1n) is 18.6. The highest BCUT2D eigenvalue weighted by Crippen LogP contribution is 2.42. The van der Waals surface area contributed by atoms with Crippen molar-refractivity contribution in [1.82, 2.24) is 19.1 Å². The minimum Gasteiger partial charge on any atom is -0.456 e. The Balaban J connectivity index is 1.11. The number of benzene rings is 7. The maximum atomic E-state index is 6.52. The van der Waals surface area contributed by atoms with Crippen molar-refractivity contribution in [1.29, 1.82) is 0 Å². The first kappa shape index (κ1) is 30.0. The largest absolute Gasteiger partial charge is 0.456 e. The van der Waals surface area contributed by atoms with Gasteiger partial charge in [0.15, 0.2) is 5.65 Å². The Morgan fingerprint density at radius 1 is 0.382 bits per heavy atom. The molecule has 0 amide bonds. The van der Waals surface area contributed by atoms with Crippen LogP contribution in [0.1, 0.15) is 0 Å². The summed E-state index contributed by atoms with van der Waals surface area (Å²) in [6, 6.07) is 64.3. The topological polar surface area (TPSA) is 48.8 Å². The number of nitrogens with zero attached hydrogens (tertiary/aromatic N) is 4. The molecule has 0 spiro atoms. The van der Waals surface area contributed by atoms with E-state index in [9.17, 15) is 0 Å². The zero-order valence-electron chi connectivity index (χ0n) is 29.5. The SMILES string of the molecule is c1ccc(-c2ccc3ccc(-n4c5ccccc5c5cc(-c6cc7c(cc6-n6c8ccccc8c8ccccc86)oc6ccccc67)ccc54)nc3n2)cc1. The average molecular weight is 703 g/mol. The maximum Gasteiger partial charge on any atom is 0.162 e. The molecule has 0 saturated carbocycles. The highest BCUT2D eigenvalue weighted by atomic mass is 16.3. The van der Waals surface area contributed by atoms with Gasteiger partial charge in [-0.2, -0.15) is 0 Å². The molecule has 0 aliphatic rings. The van der Waals surface area contributed by atoms with Gasteiger partial charge in [0.2, 0.25) is 0 Å². The number of rotatable bonds is 4. The van der Waals surface area contributed by atoms with Crippen molar-refractivity contribution in [3.8, 4) is 33.9 Å². The summed E-state index contributed by atoms with van der Waals surface area (Å²) in [6.45, 7) is 0. The quantitative estimate of drug-likeness (QED) is 0.183. The molecule has 0 N–H and O–H groups in total. The van der Waals surface area contributed by atoms with Crippen LogP contribution in [0.25, 0.3) is 110 Å². The van der Waals surface area contributed by atoms with Gasteiger partial charge < -0.3 is 8.98 Å². The first-order valence-corrected chi connectivity index (χ1v) is 18.6. The molecule has 0 bridgehead atoms. The summed E-state index contributed by atoms with van der Waals surface area (Å²) in [7, 11) is 0. The zero-order valence-corrected chi connectivity index (χ0v) is 29.5. The summed E-state index contributed by atoms with van der Waals surface area (Å²) in [5, 5.41) is 7.98. The molecule has 0 atom stereocenters. The Labute approximate surface area is 315 Å². The fourth-order valence-electron chi connectivity index (χ4n) is 8.63. The standard InChI is InChI=1S/C50H30N4O/c1-2-12-31(13-3-1)41-25-22-32-24-27-49(52-50(32)51-41)54-44-20-10-6-16-36(44)39-28-33(23-26-45(39)54)38-29-40-37-17-7-11-21-47(37)55-48(40)30-46(38)53-42-18-8-4-14-34(42)35-15-5-9-19-43(35)53/h1-30H. The van der Waals surface area contributed by atoms with Gasteiger partial charge in [-0.05, 0) is 72.3 Å². The van der Waals surface area contributed by atoms with Gasteiger partial charge in [0.05, 0.1) is 33.4 Å². The summed E-state index contributed by atoms with van der Waals surface area (Å²) in [5.41, 5.74) is 12.3. The second-order valence-corrected chi connectivity index (χ2v) is 14.2. The number of fused-ring (bicyclic) bond motifs is 10. The van der Waals surface area contributed by atoms with Gasteiger partial charge in [-0.1, -0.05) is 109 Å². The van der Waals surface area contributed by atoms with Crippen molar-refractivity contribution in [3.05, 3.63) is 182 Å². The van der Waals surface area contributed by atoms with Gasteiger partial charge >= 0.3 is 0 Å². The van der Waals surface area contributed by atoms with Crippen LogP contribution in [0.4, 0.5) is 0 Å². The Bertz CT molecular complexity index is 3440. The minimum absolute atomic E-state index is 0.720. The van der Waals surface area contributed by atoms with E-state index in [-0.39, 0.29) is 0 Å². The second-order valence-electron chi connectivity index (χ2n) is 14.2. The fourth-order valence-corrected chi connectivity index (χ4v) is 8.63. The van der Waals surface area contributed by atoms with Gasteiger partial charge in [-0.25, -0.2) is 9.97 Å². The maximum absolute atomic E-state index is 6.52. The molecule has 55 heavy (non-hydrogen) atoms. The van der Waals surface area contributed by atoms with Crippen LogP contribution in [-0.2, 0) is 0 Å². The van der Waals surface area contributed by atoms with Gasteiger partial charge in [0.25, 0.3) is 0 Å². The Morgan fingerprint density at radius 3 is 1.76 bits per heavy atom. The van der Waals surface area contributed by atoms with Crippen LogP contribution in [0.3, 0.4) is 0 Å². The molecule has 5 nitrogen and oxygen atoms in total. The molecule has 5 aromatic heterocycles. The summed E-state index contributed by atoms with van der Waals surface area (Å²) >= 11 is 0. The lowest BCUT2D eigenvalue weighted by Gasteiger charge is -2.15. The van der Waals surface area contributed by atoms with Crippen LogP contribution < -0.4 is 0 Å². The molecular weight excluding hydrogens is 673 g/mol. The van der Waals surface area contributed by atoms with Crippen molar-refractivity contribution in [3.63, 3.8) is 0 Å². The molecule has 12 rings (SSSR count). The third kappa shape index (κ3) is 4.47.